The Hall–Kier alpha value is -3.09. The summed E-state index contributed by atoms with van der Waals surface area (Å²) in [6, 6.07) is 5.45. The van der Waals surface area contributed by atoms with Gasteiger partial charge in [0.2, 0.25) is 11.9 Å². The van der Waals surface area contributed by atoms with Crippen LogP contribution in [0.5, 0.6) is 11.5 Å². The molecule has 0 radical (unpaired) electrons. The van der Waals surface area contributed by atoms with Crippen LogP contribution in [0.15, 0.2) is 36.7 Å². The largest absolute Gasteiger partial charge is 0.493 e. The predicted octanol–water partition coefficient (Wildman–Crippen LogP) is 3.38. The SMILES string of the molecule is COc1ccc(/C=C/C(=O)Nc2cnc(N3CCC(C)CC3)nc2)cc1OC. The average molecular weight is 382 g/mol. The number of rotatable bonds is 6. The van der Waals surface area contributed by atoms with Crippen LogP contribution >= 0.6 is 0 Å². The smallest absolute Gasteiger partial charge is 0.248 e. The number of methoxy groups -OCH3 is 2. The van der Waals surface area contributed by atoms with Crippen molar-refractivity contribution in [2.75, 3.05) is 37.5 Å². The lowest BCUT2D eigenvalue weighted by molar-refractivity contribution is -0.111. The van der Waals surface area contributed by atoms with E-state index in [1.165, 1.54) is 6.08 Å². The van der Waals surface area contributed by atoms with Crippen molar-refractivity contribution in [1.82, 2.24) is 9.97 Å². The van der Waals surface area contributed by atoms with E-state index in [1.54, 1.807) is 44.8 Å². The van der Waals surface area contributed by atoms with E-state index < -0.39 is 0 Å². The molecule has 1 amide bonds. The van der Waals surface area contributed by atoms with Gasteiger partial charge in [0, 0.05) is 19.2 Å². The van der Waals surface area contributed by atoms with Gasteiger partial charge in [-0.3, -0.25) is 4.79 Å². The lowest BCUT2D eigenvalue weighted by Crippen LogP contribution is -2.34. The van der Waals surface area contributed by atoms with Crippen molar-refractivity contribution in [1.29, 1.82) is 0 Å². The summed E-state index contributed by atoms with van der Waals surface area (Å²) in [7, 11) is 3.16. The minimum absolute atomic E-state index is 0.252. The molecule has 0 saturated carbocycles. The summed E-state index contributed by atoms with van der Waals surface area (Å²) in [6.07, 6.45) is 8.76. The molecule has 3 rings (SSSR count). The zero-order chi connectivity index (χ0) is 19.9. The van der Waals surface area contributed by atoms with Gasteiger partial charge >= 0.3 is 0 Å². The molecule has 1 N–H and O–H groups in total. The summed E-state index contributed by atoms with van der Waals surface area (Å²) >= 11 is 0. The average Bonchev–Trinajstić information content (AvgIpc) is 2.73. The van der Waals surface area contributed by atoms with Crippen molar-refractivity contribution in [3.05, 3.63) is 42.2 Å². The number of nitrogens with zero attached hydrogens (tertiary/aromatic N) is 3. The van der Waals surface area contributed by atoms with Gasteiger partial charge in [-0.15, -0.1) is 0 Å². The number of hydrogen-bond donors (Lipinski definition) is 1. The van der Waals surface area contributed by atoms with Crippen LogP contribution in [0, 0.1) is 5.92 Å². The highest BCUT2D eigenvalue weighted by Gasteiger charge is 2.17. The van der Waals surface area contributed by atoms with Crippen LogP contribution in [0.2, 0.25) is 0 Å². The Labute approximate surface area is 165 Å². The number of amides is 1. The molecule has 0 aliphatic carbocycles. The van der Waals surface area contributed by atoms with Gasteiger partial charge in [0.1, 0.15) is 0 Å². The fraction of sp³-hybridized carbons (Fsp3) is 0.381. The number of benzene rings is 1. The van der Waals surface area contributed by atoms with Gasteiger partial charge in [-0.25, -0.2) is 9.97 Å². The molecule has 1 aliphatic heterocycles. The van der Waals surface area contributed by atoms with Crippen molar-refractivity contribution in [3.63, 3.8) is 0 Å². The topological polar surface area (TPSA) is 76.6 Å². The van der Waals surface area contributed by atoms with Crippen LogP contribution in [0.3, 0.4) is 0 Å². The van der Waals surface area contributed by atoms with Gasteiger partial charge in [-0.1, -0.05) is 13.0 Å². The van der Waals surface area contributed by atoms with E-state index in [-0.39, 0.29) is 5.91 Å². The number of ether oxygens (including phenoxy) is 2. The molecule has 1 aromatic carbocycles. The van der Waals surface area contributed by atoms with E-state index in [9.17, 15) is 4.79 Å². The van der Waals surface area contributed by atoms with Crippen molar-refractivity contribution in [2.24, 2.45) is 5.92 Å². The molecule has 1 fully saturated rings. The second-order valence-corrected chi connectivity index (χ2v) is 6.88. The lowest BCUT2D eigenvalue weighted by atomic mass is 10.00. The summed E-state index contributed by atoms with van der Waals surface area (Å²) in [5.74, 6) is 2.47. The number of piperidine rings is 1. The van der Waals surface area contributed by atoms with Crippen LogP contribution in [-0.4, -0.2) is 43.2 Å². The quantitative estimate of drug-likeness (QED) is 0.772. The van der Waals surface area contributed by atoms with Crippen LogP contribution in [0.4, 0.5) is 11.6 Å². The Balaban J connectivity index is 1.58. The molecule has 0 unspecified atom stereocenters. The van der Waals surface area contributed by atoms with E-state index in [4.69, 9.17) is 9.47 Å². The Morgan fingerprint density at radius 2 is 1.82 bits per heavy atom. The summed E-state index contributed by atoms with van der Waals surface area (Å²) < 4.78 is 10.5. The first-order valence-corrected chi connectivity index (χ1v) is 9.37. The molecular weight excluding hydrogens is 356 g/mol. The fourth-order valence-electron chi connectivity index (χ4n) is 3.07. The summed E-state index contributed by atoms with van der Waals surface area (Å²) in [6.45, 7) is 4.22. The number of nitrogens with one attached hydrogen (secondary N) is 1. The third-order valence-electron chi connectivity index (χ3n) is 4.81. The highest BCUT2D eigenvalue weighted by Crippen LogP contribution is 2.28. The maximum absolute atomic E-state index is 12.2. The predicted molar refractivity (Wildman–Crippen MR) is 110 cm³/mol. The van der Waals surface area contributed by atoms with Crippen LogP contribution in [0.25, 0.3) is 6.08 Å². The number of anilines is 2. The molecule has 0 spiro atoms. The summed E-state index contributed by atoms with van der Waals surface area (Å²) in [5, 5.41) is 2.78. The fourth-order valence-corrected chi connectivity index (χ4v) is 3.07. The first kappa shape index (κ1) is 19.7. The second-order valence-electron chi connectivity index (χ2n) is 6.88. The second kappa shape index (κ2) is 9.21. The third-order valence-corrected chi connectivity index (χ3v) is 4.81. The standard InChI is InChI=1S/C21H26N4O3/c1-15-8-10-25(11-9-15)21-22-13-17(14-23-21)24-20(26)7-5-16-4-6-18(27-2)19(12-16)28-3/h4-7,12-15H,8-11H2,1-3H3,(H,24,26)/b7-5+. The van der Waals surface area contributed by atoms with Crippen LogP contribution in [0.1, 0.15) is 25.3 Å². The van der Waals surface area contributed by atoms with Crippen LogP contribution in [-0.2, 0) is 4.79 Å². The van der Waals surface area contributed by atoms with E-state index in [2.05, 4.69) is 27.1 Å². The molecule has 2 heterocycles. The molecule has 2 aromatic rings. The molecule has 0 bridgehead atoms. The number of carbonyl (C=O) groups is 1. The van der Waals surface area contributed by atoms with E-state index in [0.717, 1.165) is 37.4 Å². The summed E-state index contributed by atoms with van der Waals surface area (Å²) in [5.41, 5.74) is 1.40. The van der Waals surface area contributed by atoms with E-state index >= 15 is 0 Å². The Morgan fingerprint density at radius 1 is 1.14 bits per heavy atom. The minimum atomic E-state index is -0.252. The Bertz CT molecular complexity index is 828. The van der Waals surface area contributed by atoms with E-state index in [1.807, 2.05) is 6.07 Å². The Kier molecular flexibility index (Phi) is 6.47. The molecule has 1 saturated heterocycles. The summed E-state index contributed by atoms with van der Waals surface area (Å²) in [4.78, 5) is 23.1. The van der Waals surface area contributed by atoms with Crippen LogP contribution < -0.4 is 19.7 Å². The van der Waals surface area contributed by atoms with Crippen molar-refractivity contribution < 1.29 is 14.3 Å². The van der Waals surface area contributed by atoms with Gasteiger partial charge in [-0.05, 0) is 42.5 Å². The number of hydrogen-bond acceptors (Lipinski definition) is 6. The Morgan fingerprint density at radius 3 is 2.46 bits per heavy atom. The van der Waals surface area contributed by atoms with Crippen molar-refractivity contribution in [2.45, 2.75) is 19.8 Å². The first-order chi connectivity index (χ1) is 13.6. The molecular formula is C21H26N4O3. The molecule has 1 aromatic heterocycles. The monoisotopic (exact) mass is 382 g/mol. The third kappa shape index (κ3) is 5.00. The van der Waals surface area contributed by atoms with Gasteiger partial charge in [0.25, 0.3) is 0 Å². The zero-order valence-electron chi connectivity index (χ0n) is 16.5. The first-order valence-electron chi connectivity index (χ1n) is 9.37. The maximum atomic E-state index is 12.2. The number of aromatic nitrogens is 2. The highest BCUT2D eigenvalue weighted by atomic mass is 16.5. The zero-order valence-corrected chi connectivity index (χ0v) is 16.5. The van der Waals surface area contributed by atoms with Crippen molar-refractivity contribution >= 4 is 23.6 Å². The minimum Gasteiger partial charge on any atom is -0.493 e. The van der Waals surface area contributed by atoms with Gasteiger partial charge in [-0.2, -0.15) is 0 Å². The maximum Gasteiger partial charge on any atom is 0.248 e. The molecule has 0 atom stereocenters. The molecule has 7 nitrogen and oxygen atoms in total. The molecule has 148 valence electrons. The lowest BCUT2D eigenvalue weighted by Gasteiger charge is -2.30. The van der Waals surface area contributed by atoms with E-state index in [0.29, 0.717) is 23.1 Å². The number of carbonyl (C=O) groups excluding carboxylic acids is 1. The molecule has 28 heavy (non-hydrogen) atoms. The normalized spacial score (nSPS) is 14.9. The molecule has 7 heteroatoms. The van der Waals surface area contributed by atoms with Gasteiger partial charge in [0.05, 0.1) is 32.3 Å². The molecule has 1 aliphatic rings. The van der Waals surface area contributed by atoms with Gasteiger partial charge < -0.3 is 19.7 Å². The van der Waals surface area contributed by atoms with Crippen molar-refractivity contribution in [3.8, 4) is 11.5 Å². The van der Waals surface area contributed by atoms with Gasteiger partial charge in [0.15, 0.2) is 11.5 Å². The highest BCUT2D eigenvalue weighted by molar-refractivity contribution is 6.01.